The van der Waals surface area contributed by atoms with Crippen molar-refractivity contribution in [1.82, 2.24) is 20.2 Å². The minimum Gasteiger partial charge on any atom is -0.416 e. The number of aromatic nitrogens is 4. The number of nitrogens with one attached hydrogen (secondary N) is 1. The molecule has 1 atom stereocenters. The van der Waals surface area contributed by atoms with Crippen LogP contribution >= 0.6 is 23.1 Å². The molecule has 0 spiro atoms. The number of thioether (sulfide) groups is 1. The van der Waals surface area contributed by atoms with E-state index in [1.165, 1.54) is 22.7 Å². The van der Waals surface area contributed by atoms with E-state index in [9.17, 15) is 4.79 Å². The predicted molar refractivity (Wildman–Crippen MR) is 85.3 cm³/mol. The molecule has 0 saturated heterocycles. The second-order valence-electron chi connectivity index (χ2n) is 4.75. The molecule has 0 aliphatic heterocycles. The summed E-state index contributed by atoms with van der Waals surface area (Å²) in [5.41, 5.74) is 0.536. The van der Waals surface area contributed by atoms with Crippen LogP contribution in [0.3, 0.4) is 0 Å². The van der Waals surface area contributed by atoms with Crippen molar-refractivity contribution in [3.63, 3.8) is 0 Å². The van der Waals surface area contributed by atoms with Gasteiger partial charge in [0.15, 0.2) is 0 Å². The van der Waals surface area contributed by atoms with E-state index in [0.29, 0.717) is 29.1 Å². The highest BCUT2D eigenvalue weighted by molar-refractivity contribution is 7.99. The Morgan fingerprint density at radius 3 is 3.05 bits per heavy atom. The number of thiophene rings is 1. The van der Waals surface area contributed by atoms with Crippen molar-refractivity contribution in [2.75, 3.05) is 0 Å². The van der Waals surface area contributed by atoms with Gasteiger partial charge in [0.05, 0.1) is 11.7 Å². The predicted octanol–water partition coefficient (Wildman–Crippen LogP) is 2.97. The molecule has 22 heavy (non-hydrogen) atoms. The van der Waals surface area contributed by atoms with Crippen LogP contribution in [0.15, 0.2) is 38.0 Å². The molecule has 3 aromatic rings. The quantitative estimate of drug-likeness (QED) is 0.722. The van der Waals surface area contributed by atoms with Crippen LogP contribution in [0.1, 0.15) is 34.5 Å². The molecule has 3 heterocycles. The van der Waals surface area contributed by atoms with E-state index in [-0.39, 0.29) is 10.8 Å². The highest BCUT2D eigenvalue weighted by atomic mass is 32.2. The number of hydrogen-bond donors (Lipinski definition) is 1. The Kier molecular flexibility index (Phi) is 4.39. The van der Waals surface area contributed by atoms with Gasteiger partial charge in [0.1, 0.15) is 5.82 Å². The normalized spacial score (nSPS) is 12.5. The largest absolute Gasteiger partial charge is 0.416 e. The van der Waals surface area contributed by atoms with Crippen molar-refractivity contribution in [2.24, 2.45) is 0 Å². The van der Waals surface area contributed by atoms with Gasteiger partial charge in [-0.15, -0.1) is 21.5 Å². The Morgan fingerprint density at radius 2 is 2.32 bits per heavy atom. The van der Waals surface area contributed by atoms with Crippen molar-refractivity contribution < 1.29 is 4.42 Å². The molecule has 0 aromatic carbocycles. The topological polar surface area (TPSA) is 84.7 Å². The standard InChI is InChI=1S/C14H14N4O2S2/c1-8-6-11(19)16-13(15-8)9(2)22-14-18-17-12(20-14)7-10-4-3-5-21-10/h3-6,9H,7H2,1-2H3,(H,15,16,19)/t9-/m0/s1. The summed E-state index contributed by atoms with van der Waals surface area (Å²) in [5.74, 6) is 1.19. The minimum atomic E-state index is -0.154. The van der Waals surface area contributed by atoms with Crippen molar-refractivity contribution >= 4 is 23.1 Å². The molecule has 6 nitrogen and oxygen atoms in total. The first-order valence-electron chi connectivity index (χ1n) is 6.69. The zero-order chi connectivity index (χ0) is 15.5. The van der Waals surface area contributed by atoms with Gasteiger partial charge < -0.3 is 9.40 Å². The molecule has 0 aliphatic carbocycles. The Hall–Kier alpha value is -1.93. The fourth-order valence-corrected chi connectivity index (χ4v) is 3.38. The molecule has 0 unspecified atom stereocenters. The maximum Gasteiger partial charge on any atom is 0.277 e. The molecule has 0 amide bonds. The van der Waals surface area contributed by atoms with Crippen molar-refractivity contribution in [3.8, 4) is 0 Å². The van der Waals surface area contributed by atoms with E-state index >= 15 is 0 Å². The second-order valence-corrected chi connectivity index (χ2v) is 7.07. The zero-order valence-electron chi connectivity index (χ0n) is 12.1. The number of rotatable bonds is 5. The second kappa shape index (κ2) is 6.45. The third kappa shape index (κ3) is 3.63. The number of aryl methyl sites for hydroxylation is 1. The Bertz CT molecular complexity index is 810. The Labute approximate surface area is 135 Å². The van der Waals surface area contributed by atoms with Crippen LogP contribution in [0.5, 0.6) is 0 Å². The van der Waals surface area contributed by atoms with Crippen molar-refractivity contribution in [2.45, 2.75) is 30.7 Å². The monoisotopic (exact) mass is 334 g/mol. The maximum absolute atomic E-state index is 11.5. The van der Waals surface area contributed by atoms with Gasteiger partial charge in [0.2, 0.25) is 5.89 Å². The summed E-state index contributed by atoms with van der Waals surface area (Å²) in [4.78, 5) is 19.7. The number of H-pyrrole nitrogens is 1. The molecule has 114 valence electrons. The summed E-state index contributed by atoms with van der Waals surface area (Å²) in [5, 5.41) is 10.5. The van der Waals surface area contributed by atoms with E-state index in [1.54, 1.807) is 18.3 Å². The number of hydrogen-bond acceptors (Lipinski definition) is 7. The van der Waals surface area contributed by atoms with E-state index in [2.05, 4.69) is 20.2 Å². The van der Waals surface area contributed by atoms with Gasteiger partial charge in [0, 0.05) is 16.6 Å². The summed E-state index contributed by atoms with van der Waals surface area (Å²) in [6, 6.07) is 5.49. The van der Waals surface area contributed by atoms with Gasteiger partial charge in [-0.25, -0.2) is 4.98 Å². The third-order valence-electron chi connectivity index (χ3n) is 2.90. The highest BCUT2D eigenvalue weighted by Crippen LogP contribution is 2.32. The lowest BCUT2D eigenvalue weighted by Gasteiger charge is -2.07. The van der Waals surface area contributed by atoms with E-state index < -0.39 is 0 Å². The summed E-state index contributed by atoms with van der Waals surface area (Å²) in [6.45, 7) is 3.73. The van der Waals surface area contributed by atoms with Crippen LogP contribution < -0.4 is 5.56 Å². The highest BCUT2D eigenvalue weighted by Gasteiger charge is 2.16. The number of nitrogens with zero attached hydrogens (tertiary/aromatic N) is 3. The molecule has 0 fully saturated rings. The van der Waals surface area contributed by atoms with Gasteiger partial charge >= 0.3 is 0 Å². The minimum absolute atomic E-state index is 0.0809. The van der Waals surface area contributed by atoms with E-state index in [1.807, 2.05) is 24.4 Å². The Balaban J connectivity index is 1.70. The van der Waals surface area contributed by atoms with Crippen molar-refractivity contribution in [3.05, 3.63) is 56.2 Å². The SMILES string of the molecule is Cc1cc(=O)[nH]c([C@H](C)Sc2nnc(Cc3cccs3)o2)n1. The van der Waals surface area contributed by atoms with Crippen LogP contribution in [0.4, 0.5) is 0 Å². The molecule has 3 rings (SSSR count). The van der Waals surface area contributed by atoms with Gasteiger partial charge in [-0.1, -0.05) is 17.8 Å². The zero-order valence-corrected chi connectivity index (χ0v) is 13.7. The molecule has 1 N–H and O–H groups in total. The molecule has 8 heteroatoms. The third-order valence-corrected chi connectivity index (χ3v) is 4.72. The summed E-state index contributed by atoms with van der Waals surface area (Å²) >= 11 is 3.03. The molecular formula is C14H14N4O2S2. The lowest BCUT2D eigenvalue weighted by Crippen LogP contribution is -2.12. The molecule has 0 radical (unpaired) electrons. The average molecular weight is 334 g/mol. The smallest absolute Gasteiger partial charge is 0.277 e. The molecule has 0 saturated carbocycles. The van der Waals surface area contributed by atoms with Crippen molar-refractivity contribution in [1.29, 1.82) is 0 Å². The maximum atomic E-state index is 11.5. The molecule has 3 aromatic heterocycles. The fraction of sp³-hybridized carbons (Fsp3) is 0.286. The first-order chi connectivity index (χ1) is 10.6. The van der Waals surface area contributed by atoms with E-state index in [0.717, 1.165) is 0 Å². The fourth-order valence-electron chi connectivity index (χ4n) is 1.92. The summed E-state index contributed by atoms with van der Waals surface area (Å²) in [6.07, 6.45) is 0.638. The van der Waals surface area contributed by atoms with Gasteiger partial charge in [-0.3, -0.25) is 4.79 Å². The van der Waals surface area contributed by atoms with Crippen LogP contribution in [0.2, 0.25) is 0 Å². The van der Waals surface area contributed by atoms with E-state index in [4.69, 9.17) is 4.42 Å². The van der Waals surface area contributed by atoms with Gasteiger partial charge in [-0.2, -0.15) is 0 Å². The number of aromatic amines is 1. The summed E-state index contributed by atoms with van der Waals surface area (Å²) < 4.78 is 5.64. The average Bonchev–Trinajstić information content (AvgIpc) is 3.10. The first kappa shape index (κ1) is 15.0. The molecule has 0 bridgehead atoms. The Morgan fingerprint density at radius 1 is 1.45 bits per heavy atom. The first-order valence-corrected chi connectivity index (χ1v) is 8.45. The summed E-state index contributed by atoms with van der Waals surface area (Å²) in [7, 11) is 0. The van der Waals surface area contributed by atoms with Crippen LogP contribution in [0, 0.1) is 6.92 Å². The van der Waals surface area contributed by atoms with Crippen LogP contribution in [0.25, 0.3) is 0 Å². The molecule has 0 aliphatic rings. The van der Waals surface area contributed by atoms with Gasteiger partial charge in [-0.05, 0) is 25.3 Å². The van der Waals surface area contributed by atoms with Crippen LogP contribution in [-0.2, 0) is 6.42 Å². The lowest BCUT2D eigenvalue weighted by molar-refractivity contribution is 0.420. The lowest BCUT2D eigenvalue weighted by atomic mass is 10.3. The molecular weight excluding hydrogens is 320 g/mol. The van der Waals surface area contributed by atoms with Gasteiger partial charge in [0.25, 0.3) is 10.8 Å². The van der Waals surface area contributed by atoms with Crippen LogP contribution in [-0.4, -0.2) is 20.2 Å².